The van der Waals surface area contributed by atoms with Crippen molar-refractivity contribution in [1.29, 1.82) is 0 Å². The van der Waals surface area contributed by atoms with Crippen LogP contribution in [0.25, 0.3) is 0 Å². The Bertz CT molecular complexity index is 675. The summed E-state index contributed by atoms with van der Waals surface area (Å²) in [5.41, 5.74) is -0.541. The third-order valence-electron chi connectivity index (χ3n) is 4.04. The molecule has 0 N–H and O–H groups in total. The van der Waals surface area contributed by atoms with Crippen molar-refractivity contribution in [3.05, 3.63) is 34.1 Å². The highest BCUT2D eigenvalue weighted by molar-refractivity contribution is 9.10. The predicted molar refractivity (Wildman–Crippen MR) is 97.0 cm³/mol. The quantitative estimate of drug-likeness (QED) is 0.695. The minimum Gasteiger partial charge on any atom is -0.444 e. The molecule has 0 bridgehead atoms. The number of ether oxygens (including phenoxy) is 1. The number of amides is 2. The molecule has 1 saturated heterocycles. The molecule has 25 heavy (non-hydrogen) atoms. The second-order valence-electron chi connectivity index (χ2n) is 7.41. The van der Waals surface area contributed by atoms with E-state index in [9.17, 15) is 14.0 Å². The van der Waals surface area contributed by atoms with Gasteiger partial charge in [0.05, 0.1) is 5.56 Å². The van der Waals surface area contributed by atoms with Crippen LogP contribution in [0.3, 0.4) is 0 Å². The Morgan fingerprint density at radius 1 is 1.16 bits per heavy atom. The van der Waals surface area contributed by atoms with E-state index in [1.165, 1.54) is 12.1 Å². The molecule has 1 aromatic carbocycles. The van der Waals surface area contributed by atoms with Crippen LogP contribution in [0, 0.1) is 5.82 Å². The van der Waals surface area contributed by atoms with Crippen LogP contribution < -0.4 is 0 Å². The first-order valence-electron chi connectivity index (χ1n) is 8.25. The highest BCUT2D eigenvalue weighted by atomic mass is 79.9. The predicted octanol–water partition coefficient (Wildman–Crippen LogP) is 4.06. The molecule has 5 nitrogen and oxygen atoms in total. The number of rotatable bonds is 1. The zero-order valence-electron chi connectivity index (χ0n) is 15.2. The lowest BCUT2D eigenvalue weighted by Crippen LogP contribution is -2.60. The summed E-state index contributed by atoms with van der Waals surface area (Å²) in [7, 11) is 0. The molecule has 0 aliphatic carbocycles. The molecular weight excluding hydrogens is 391 g/mol. The molecule has 1 aliphatic heterocycles. The molecule has 1 aliphatic rings. The van der Waals surface area contributed by atoms with Crippen LogP contribution in [-0.4, -0.2) is 52.6 Å². The Labute approximate surface area is 156 Å². The SMILES string of the molecule is C[C@@H]1CN(C(=O)OC(C)(C)C)[C@@H](C)CN1C(=O)c1ccc(Br)cc1F. The fourth-order valence-corrected chi connectivity index (χ4v) is 3.14. The number of benzene rings is 1. The van der Waals surface area contributed by atoms with Crippen molar-refractivity contribution >= 4 is 27.9 Å². The van der Waals surface area contributed by atoms with Gasteiger partial charge in [0.1, 0.15) is 11.4 Å². The van der Waals surface area contributed by atoms with Crippen molar-refractivity contribution in [2.24, 2.45) is 0 Å². The van der Waals surface area contributed by atoms with E-state index in [1.54, 1.807) is 15.9 Å². The van der Waals surface area contributed by atoms with Gasteiger partial charge in [-0.3, -0.25) is 4.79 Å². The fraction of sp³-hybridized carbons (Fsp3) is 0.556. The van der Waals surface area contributed by atoms with Crippen molar-refractivity contribution in [2.75, 3.05) is 13.1 Å². The molecule has 1 heterocycles. The van der Waals surface area contributed by atoms with Gasteiger partial charge in [-0.05, 0) is 52.8 Å². The van der Waals surface area contributed by atoms with E-state index in [2.05, 4.69) is 15.9 Å². The van der Waals surface area contributed by atoms with Gasteiger partial charge in [0.15, 0.2) is 0 Å². The van der Waals surface area contributed by atoms with E-state index >= 15 is 0 Å². The van der Waals surface area contributed by atoms with Gasteiger partial charge in [-0.1, -0.05) is 15.9 Å². The van der Waals surface area contributed by atoms with Crippen molar-refractivity contribution in [3.8, 4) is 0 Å². The summed E-state index contributed by atoms with van der Waals surface area (Å²) >= 11 is 3.19. The molecule has 0 spiro atoms. The molecule has 1 aromatic rings. The van der Waals surface area contributed by atoms with E-state index in [1.807, 2.05) is 34.6 Å². The van der Waals surface area contributed by atoms with Gasteiger partial charge in [0.2, 0.25) is 0 Å². The van der Waals surface area contributed by atoms with Crippen LogP contribution in [0.15, 0.2) is 22.7 Å². The second-order valence-corrected chi connectivity index (χ2v) is 8.33. The standard InChI is InChI=1S/C18H24BrFN2O3/c1-11-10-22(17(24)25-18(3,4)5)12(2)9-21(11)16(23)14-7-6-13(19)8-15(14)20/h6-8,11-12H,9-10H2,1-5H3/t11-,12+/m1/s1. The molecule has 138 valence electrons. The van der Waals surface area contributed by atoms with Crippen molar-refractivity contribution in [3.63, 3.8) is 0 Å². The van der Waals surface area contributed by atoms with Crippen LogP contribution in [0.2, 0.25) is 0 Å². The average molecular weight is 415 g/mol. The van der Waals surface area contributed by atoms with Gasteiger partial charge in [-0.25, -0.2) is 9.18 Å². The lowest BCUT2D eigenvalue weighted by Gasteiger charge is -2.44. The summed E-state index contributed by atoms with van der Waals surface area (Å²) in [6.07, 6.45) is -0.395. The summed E-state index contributed by atoms with van der Waals surface area (Å²) in [4.78, 5) is 28.3. The maximum Gasteiger partial charge on any atom is 0.410 e. The van der Waals surface area contributed by atoms with Gasteiger partial charge in [0.25, 0.3) is 5.91 Å². The molecular formula is C18H24BrFN2O3. The zero-order valence-corrected chi connectivity index (χ0v) is 16.8. The Morgan fingerprint density at radius 2 is 1.72 bits per heavy atom. The van der Waals surface area contributed by atoms with E-state index < -0.39 is 17.5 Å². The molecule has 0 radical (unpaired) electrons. The number of halogens is 2. The Balaban J connectivity index is 2.14. The van der Waals surface area contributed by atoms with E-state index in [0.717, 1.165) is 0 Å². The summed E-state index contributed by atoms with van der Waals surface area (Å²) in [5.74, 6) is -0.929. The van der Waals surface area contributed by atoms with Gasteiger partial charge in [-0.15, -0.1) is 0 Å². The molecule has 0 aromatic heterocycles. The smallest absolute Gasteiger partial charge is 0.410 e. The van der Waals surface area contributed by atoms with Gasteiger partial charge < -0.3 is 14.5 Å². The summed E-state index contributed by atoms with van der Waals surface area (Å²) < 4.78 is 20.1. The number of carbonyl (C=O) groups excluding carboxylic acids is 2. The second kappa shape index (κ2) is 7.32. The first-order valence-corrected chi connectivity index (χ1v) is 9.04. The molecule has 2 rings (SSSR count). The number of carbonyl (C=O) groups is 2. The lowest BCUT2D eigenvalue weighted by molar-refractivity contribution is -0.00799. The first kappa shape index (κ1) is 19.7. The highest BCUT2D eigenvalue weighted by Gasteiger charge is 2.37. The maximum atomic E-state index is 14.1. The van der Waals surface area contributed by atoms with Crippen LogP contribution in [0.5, 0.6) is 0 Å². The summed E-state index contributed by atoms with van der Waals surface area (Å²) in [6, 6.07) is 3.94. The lowest BCUT2D eigenvalue weighted by atomic mass is 10.1. The normalized spacial score (nSPS) is 21.2. The maximum absolute atomic E-state index is 14.1. The van der Waals surface area contributed by atoms with Crippen molar-refractivity contribution in [1.82, 2.24) is 9.80 Å². The minimum absolute atomic E-state index is 0.0352. The Morgan fingerprint density at radius 3 is 2.28 bits per heavy atom. The van der Waals surface area contributed by atoms with Gasteiger partial charge in [0, 0.05) is 29.6 Å². The largest absolute Gasteiger partial charge is 0.444 e. The van der Waals surface area contributed by atoms with Crippen LogP contribution in [-0.2, 0) is 4.74 Å². The van der Waals surface area contributed by atoms with Gasteiger partial charge in [-0.2, -0.15) is 0 Å². The van der Waals surface area contributed by atoms with E-state index in [4.69, 9.17) is 4.74 Å². The third-order valence-corrected chi connectivity index (χ3v) is 4.53. The van der Waals surface area contributed by atoms with E-state index in [-0.39, 0.29) is 23.6 Å². The summed E-state index contributed by atoms with van der Waals surface area (Å²) in [5, 5.41) is 0. The number of hydrogen-bond acceptors (Lipinski definition) is 3. The Kier molecular flexibility index (Phi) is 5.76. The summed E-state index contributed by atoms with van der Waals surface area (Å²) in [6.45, 7) is 9.82. The van der Waals surface area contributed by atoms with E-state index in [0.29, 0.717) is 17.6 Å². The molecule has 2 atom stereocenters. The molecule has 0 unspecified atom stereocenters. The fourth-order valence-electron chi connectivity index (χ4n) is 2.80. The zero-order chi connectivity index (χ0) is 18.9. The van der Waals surface area contributed by atoms with Crippen molar-refractivity contribution in [2.45, 2.75) is 52.3 Å². The molecule has 7 heteroatoms. The Hall–Kier alpha value is -1.63. The number of hydrogen-bond donors (Lipinski definition) is 0. The van der Waals surface area contributed by atoms with Crippen LogP contribution >= 0.6 is 15.9 Å². The van der Waals surface area contributed by atoms with Crippen LogP contribution in [0.4, 0.5) is 9.18 Å². The average Bonchev–Trinajstić information content (AvgIpc) is 2.46. The number of piperazine rings is 1. The highest BCUT2D eigenvalue weighted by Crippen LogP contribution is 2.23. The molecule has 1 fully saturated rings. The molecule has 0 saturated carbocycles. The monoisotopic (exact) mass is 414 g/mol. The van der Waals surface area contributed by atoms with Crippen molar-refractivity contribution < 1.29 is 18.7 Å². The minimum atomic E-state index is -0.576. The van der Waals surface area contributed by atoms with Gasteiger partial charge >= 0.3 is 6.09 Å². The topological polar surface area (TPSA) is 49.9 Å². The third kappa shape index (κ3) is 4.71. The number of nitrogens with zero attached hydrogens (tertiary/aromatic N) is 2. The van der Waals surface area contributed by atoms with Crippen LogP contribution in [0.1, 0.15) is 45.0 Å². The first-order chi connectivity index (χ1) is 11.5. The molecule has 2 amide bonds.